The summed E-state index contributed by atoms with van der Waals surface area (Å²) in [6, 6.07) is 5.34. The molecule has 1 nitrogen and oxygen atoms in total. The van der Waals surface area contributed by atoms with E-state index in [1.54, 1.807) is 0 Å². The van der Waals surface area contributed by atoms with Crippen LogP contribution in [0.3, 0.4) is 0 Å². The molecule has 0 amide bonds. The molecule has 0 aliphatic heterocycles. The fourth-order valence-electron chi connectivity index (χ4n) is 1.55. The highest BCUT2D eigenvalue weighted by molar-refractivity contribution is 5.67. The Morgan fingerprint density at radius 2 is 1.67 bits per heavy atom. The molecule has 18 heavy (non-hydrogen) atoms. The molecule has 0 fully saturated rings. The minimum Gasteiger partial charge on any atom is -0.225 e. The molecule has 0 aliphatic rings. The Morgan fingerprint density at radius 1 is 1.00 bits per heavy atom. The van der Waals surface area contributed by atoms with Crippen molar-refractivity contribution >= 4 is 0 Å². The molecular formula is C12H6F5N. The minimum absolute atomic E-state index is 0.123. The fourth-order valence-corrected chi connectivity index (χ4v) is 1.55. The van der Waals surface area contributed by atoms with E-state index in [1.807, 2.05) is 0 Å². The first-order valence-corrected chi connectivity index (χ1v) is 4.87. The van der Waals surface area contributed by atoms with Gasteiger partial charge in [0.25, 0.3) is 0 Å². The van der Waals surface area contributed by atoms with Gasteiger partial charge in [0.1, 0.15) is 0 Å². The Hall–Kier alpha value is -1.98. The normalized spacial score (nSPS) is 11.6. The summed E-state index contributed by atoms with van der Waals surface area (Å²) in [6.07, 6.45) is -3.70. The number of halogens is 5. The molecule has 0 unspecified atom stereocenters. The van der Waals surface area contributed by atoms with Crippen LogP contribution < -0.4 is 0 Å². The van der Waals surface area contributed by atoms with E-state index in [9.17, 15) is 22.0 Å². The number of alkyl halides is 3. The van der Waals surface area contributed by atoms with Crippen LogP contribution in [0.15, 0.2) is 36.5 Å². The zero-order chi connectivity index (χ0) is 13.3. The minimum atomic E-state index is -4.57. The van der Waals surface area contributed by atoms with Crippen molar-refractivity contribution in [2.45, 2.75) is 6.18 Å². The van der Waals surface area contributed by atoms with E-state index >= 15 is 0 Å². The second-order valence-electron chi connectivity index (χ2n) is 3.54. The van der Waals surface area contributed by atoms with E-state index in [4.69, 9.17) is 0 Å². The van der Waals surface area contributed by atoms with Crippen molar-refractivity contribution in [3.05, 3.63) is 53.9 Å². The average molecular weight is 259 g/mol. The third-order valence-electron chi connectivity index (χ3n) is 2.34. The predicted molar refractivity (Wildman–Crippen MR) is 54.6 cm³/mol. The monoisotopic (exact) mass is 259 g/mol. The number of rotatable bonds is 1. The molecule has 0 spiro atoms. The van der Waals surface area contributed by atoms with Crippen LogP contribution in [0.2, 0.25) is 0 Å². The molecule has 94 valence electrons. The van der Waals surface area contributed by atoms with Gasteiger partial charge in [-0.1, -0.05) is 18.2 Å². The van der Waals surface area contributed by atoms with Gasteiger partial charge in [-0.25, -0.2) is 9.37 Å². The molecule has 0 bridgehead atoms. The molecule has 1 heterocycles. The van der Waals surface area contributed by atoms with E-state index in [0.717, 1.165) is 12.3 Å². The molecule has 1 aromatic carbocycles. The Balaban J connectivity index is 2.61. The molecule has 6 heteroatoms. The van der Waals surface area contributed by atoms with Gasteiger partial charge in [-0.15, -0.1) is 0 Å². The summed E-state index contributed by atoms with van der Waals surface area (Å²) in [5, 5.41) is 0. The van der Waals surface area contributed by atoms with Crippen LogP contribution in [0.5, 0.6) is 0 Å². The second-order valence-corrected chi connectivity index (χ2v) is 3.54. The summed E-state index contributed by atoms with van der Waals surface area (Å²) < 4.78 is 63.8. The number of nitrogens with zero attached hydrogens (tertiary/aromatic N) is 1. The lowest BCUT2D eigenvalue weighted by Crippen LogP contribution is -2.07. The highest BCUT2D eigenvalue weighted by atomic mass is 19.4. The summed E-state index contributed by atoms with van der Waals surface area (Å²) in [6.45, 7) is 0. The van der Waals surface area contributed by atoms with Crippen molar-refractivity contribution in [1.82, 2.24) is 4.98 Å². The highest BCUT2D eigenvalue weighted by Gasteiger charge is 2.33. The highest BCUT2D eigenvalue weighted by Crippen LogP contribution is 2.36. The van der Waals surface area contributed by atoms with Crippen LogP contribution in [0.1, 0.15) is 5.56 Å². The van der Waals surface area contributed by atoms with Gasteiger partial charge < -0.3 is 0 Å². The van der Waals surface area contributed by atoms with Gasteiger partial charge >= 0.3 is 6.18 Å². The SMILES string of the molecule is Fc1cc(-c2ccccc2C(F)(F)F)cnc1F. The van der Waals surface area contributed by atoms with Gasteiger partial charge in [-0.2, -0.15) is 17.6 Å². The standard InChI is InChI=1S/C12H6F5N/c13-10-5-7(6-18-11(10)14)8-3-1-2-4-9(8)12(15,16)17/h1-6H. The molecule has 0 aliphatic carbocycles. The molecule has 0 atom stereocenters. The average Bonchev–Trinajstić information content (AvgIpc) is 2.32. The first-order chi connectivity index (χ1) is 8.39. The predicted octanol–water partition coefficient (Wildman–Crippen LogP) is 4.05. The van der Waals surface area contributed by atoms with Crippen molar-refractivity contribution in [1.29, 1.82) is 0 Å². The van der Waals surface area contributed by atoms with E-state index in [1.165, 1.54) is 18.2 Å². The van der Waals surface area contributed by atoms with Gasteiger partial charge in [-0.05, 0) is 17.7 Å². The first kappa shape index (κ1) is 12.5. The maximum absolute atomic E-state index is 13.0. The van der Waals surface area contributed by atoms with E-state index in [2.05, 4.69) is 4.98 Å². The van der Waals surface area contributed by atoms with Crippen LogP contribution >= 0.6 is 0 Å². The molecule has 0 radical (unpaired) electrons. The van der Waals surface area contributed by atoms with Gasteiger partial charge in [0, 0.05) is 11.8 Å². The smallest absolute Gasteiger partial charge is 0.225 e. The summed E-state index contributed by atoms with van der Waals surface area (Å²) in [7, 11) is 0. The molecule has 2 aromatic rings. The van der Waals surface area contributed by atoms with Gasteiger partial charge in [0.15, 0.2) is 5.82 Å². The van der Waals surface area contributed by atoms with Crippen LogP contribution in [-0.4, -0.2) is 4.98 Å². The summed E-state index contributed by atoms with van der Waals surface area (Å²) in [5.41, 5.74) is -1.28. The Morgan fingerprint density at radius 3 is 2.28 bits per heavy atom. The van der Waals surface area contributed by atoms with Crippen LogP contribution in [0.4, 0.5) is 22.0 Å². The topological polar surface area (TPSA) is 12.9 Å². The third-order valence-corrected chi connectivity index (χ3v) is 2.34. The Bertz CT molecular complexity index is 577. The van der Waals surface area contributed by atoms with E-state index < -0.39 is 23.5 Å². The summed E-state index contributed by atoms with van der Waals surface area (Å²) in [4.78, 5) is 3.07. The zero-order valence-corrected chi connectivity index (χ0v) is 8.80. The Labute approximate surface area is 98.9 Å². The quantitative estimate of drug-likeness (QED) is 0.556. The Kier molecular flexibility index (Phi) is 3.02. The van der Waals surface area contributed by atoms with Gasteiger partial charge in [-0.3, -0.25) is 0 Å². The third kappa shape index (κ3) is 2.32. The molecule has 0 N–H and O–H groups in total. The van der Waals surface area contributed by atoms with Crippen molar-refractivity contribution < 1.29 is 22.0 Å². The molecule has 0 saturated heterocycles. The maximum atomic E-state index is 13.0. The number of pyridine rings is 1. The van der Waals surface area contributed by atoms with Gasteiger partial charge in [0.05, 0.1) is 5.56 Å². The lowest BCUT2D eigenvalue weighted by molar-refractivity contribution is -0.137. The lowest BCUT2D eigenvalue weighted by atomic mass is 10.0. The van der Waals surface area contributed by atoms with E-state index in [0.29, 0.717) is 6.07 Å². The number of hydrogen-bond acceptors (Lipinski definition) is 1. The molecule has 0 saturated carbocycles. The van der Waals surface area contributed by atoms with Crippen LogP contribution in [0.25, 0.3) is 11.1 Å². The summed E-state index contributed by atoms with van der Waals surface area (Å²) in [5.74, 6) is -2.63. The van der Waals surface area contributed by atoms with Gasteiger partial charge in [0.2, 0.25) is 5.95 Å². The molecular weight excluding hydrogens is 253 g/mol. The van der Waals surface area contributed by atoms with Crippen molar-refractivity contribution in [3.63, 3.8) is 0 Å². The van der Waals surface area contributed by atoms with E-state index in [-0.39, 0.29) is 11.1 Å². The number of aromatic nitrogens is 1. The van der Waals surface area contributed by atoms with Crippen LogP contribution in [0, 0.1) is 11.8 Å². The summed E-state index contributed by atoms with van der Waals surface area (Å²) >= 11 is 0. The fraction of sp³-hybridized carbons (Fsp3) is 0.0833. The van der Waals surface area contributed by atoms with Crippen molar-refractivity contribution in [3.8, 4) is 11.1 Å². The largest absolute Gasteiger partial charge is 0.417 e. The number of benzene rings is 1. The second kappa shape index (κ2) is 4.36. The maximum Gasteiger partial charge on any atom is 0.417 e. The van der Waals surface area contributed by atoms with Crippen molar-refractivity contribution in [2.24, 2.45) is 0 Å². The number of hydrogen-bond donors (Lipinski definition) is 0. The van der Waals surface area contributed by atoms with Crippen molar-refractivity contribution in [2.75, 3.05) is 0 Å². The first-order valence-electron chi connectivity index (χ1n) is 4.87. The van der Waals surface area contributed by atoms with Crippen LogP contribution in [-0.2, 0) is 6.18 Å². The lowest BCUT2D eigenvalue weighted by Gasteiger charge is -2.12. The molecule has 2 rings (SSSR count). The zero-order valence-electron chi connectivity index (χ0n) is 8.80. The molecule has 1 aromatic heterocycles.